The molecule has 3 aromatic rings. The van der Waals surface area contributed by atoms with Crippen LogP contribution in [0.15, 0.2) is 43.0 Å². The van der Waals surface area contributed by atoms with Gasteiger partial charge in [-0.15, -0.1) is 10.2 Å². The van der Waals surface area contributed by atoms with E-state index in [0.29, 0.717) is 5.69 Å². The zero-order valence-corrected chi connectivity index (χ0v) is 14.5. The maximum atomic E-state index is 11.4. The summed E-state index contributed by atoms with van der Waals surface area (Å²) < 4.78 is 3.60. The van der Waals surface area contributed by atoms with E-state index in [1.807, 2.05) is 23.9 Å². The van der Waals surface area contributed by atoms with Gasteiger partial charge >= 0.3 is 5.97 Å². The zero-order chi connectivity index (χ0) is 18.1. The average molecular weight is 352 g/mol. The molecule has 1 unspecified atom stereocenters. The largest absolute Gasteiger partial charge is 0.478 e. The number of rotatable bonds is 5. The Hall–Kier alpha value is -3.00. The normalized spacial score (nSPS) is 17.7. The van der Waals surface area contributed by atoms with Crippen molar-refractivity contribution in [2.45, 2.75) is 25.4 Å². The lowest BCUT2D eigenvalue weighted by Crippen LogP contribution is -2.24. The summed E-state index contributed by atoms with van der Waals surface area (Å²) in [5.41, 5.74) is 1.84. The van der Waals surface area contributed by atoms with Crippen LogP contribution in [0.5, 0.6) is 0 Å². The van der Waals surface area contributed by atoms with Gasteiger partial charge in [-0.1, -0.05) is 12.1 Å². The van der Waals surface area contributed by atoms with E-state index in [9.17, 15) is 9.90 Å². The number of nitrogens with zero attached hydrogens (tertiary/aromatic N) is 6. The minimum atomic E-state index is -0.959. The highest BCUT2D eigenvalue weighted by molar-refractivity contribution is 5.91. The van der Waals surface area contributed by atoms with Crippen molar-refractivity contribution in [3.63, 3.8) is 0 Å². The van der Waals surface area contributed by atoms with Crippen LogP contribution < -0.4 is 0 Å². The Labute approximate surface area is 150 Å². The molecule has 1 aromatic carbocycles. The Kier molecular flexibility index (Phi) is 4.26. The third-order valence-corrected chi connectivity index (χ3v) is 4.81. The van der Waals surface area contributed by atoms with Crippen LogP contribution in [-0.2, 0) is 13.6 Å². The Morgan fingerprint density at radius 3 is 2.96 bits per heavy atom. The van der Waals surface area contributed by atoms with Crippen molar-refractivity contribution >= 4 is 5.97 Å². The van der Waals surface area contributed by atoms with Crippen LogP contribution in [0, 0.1) is 0 Å². The summed E-state index contributed by atoms with van der Waals surface area (Å²) in [6.07, 6.45) is 7.60. The summed E-state index contributed by atoms with van der Waals surface area (Å²) in [6.45, 7) is 1.74. The highest BCUT2D eigenvalue weighted by atomic mass is 16.4. The second-order valence-electron chi connectivity index (χ2n) is 6.54. The molecule has 134 valence electrons. The molecule has 3 heterocycles. The van der Waals surface area contributed by atoms with Crippen LogP contribution in [0.4, 0.5) is 0 Å². The van der Waals surface area contributed by atoms with E-state index >= 15 is 0 Å². The van der Waals surface area contributed by atoms with Crippen LogP contribution in [0.1, 0.15) is 40.6 Å². The molecule has 8 nitrogen and oxygen atoms in total. The Morgan fingerprint density at radius 2 is 2.19 bits per heavy atom. The number of para-hydroxylation sites is 1. The van der Waals surface area contributed by atoms with Crippen molar-refractivity contribution in [3.05, 3.63) is 59.9 Å². The van der Waals surface area contributed by atoms with Crippen LogP contribution in [-0.4, -0.2) is 47.1 Å². The number of carboxylic acids is 1. The number of aromatic nitrogens is 5. The van der Waals surface area contributed by atoms with E-state index in [-0.39, 0.29) is 11.6 Å². The van der Waals surface area contributed by atoms with E-state index in [1.165, 1.54) is 0 Å². The van der Waals surface area contributed by atoms with E-state index in [2.05, 4.69) is 20.2 Å². The molecule has 1 N–H and O–H groups in total. The molecule has 0 bridgehead atoms. The predicted molar refractivity (Wildman–Crippen MR) is 93.9 cm³/mol. The smallest absolute Gasteiger partial charge is 0.337 e. The molecule has 4 rings (SSSR count). The first kappa shape index (κ1) is 16.5. The van der Waals surface area contributed by atoms with Crippen molar-refractivity contribution in [2.24, 2.45) is 7.05 Å². The van der Waals surface area contributed by atoms with Crippen molar-refractivity contribution in [2.75, 3.05) is 6.54 Å². The number of carboxylic acid groups (broad SMARTS) is 1. The Morgan fingerprint density at radius 1 is 1.35 bits per heavy atom. The van der Waals surface area contributed by atoms with Crippen molar-refractivity contribution in [1.29, 1.82) is 0 Å². The third-order valence-electron chi connectivity index (χ3n) is 4.81. The highest BCUT2D eigenvalue weighted by Gasteiger charge is 2.29. The SMILES string of the molecule is Cn1cnnc1C1CCCN1Cc1cnn(-c2ccccc2C(=O)O)c1. The van der Waals surface area contributed by atoms with Gasteiger partial charge in [0.25, 0.3) is 0 Å². The summed E-state index contributed by atoms with van der Waals surface area (Å²) in [4.78, 5) is 13.8. The number of benzene rings is 1. The first-order chi connectivity index (χ1) is 12.6. The van der Waals surface area contributed by atoms with Gasteiger partial charge in [0.1, 0.15) is 12.2 Å². The fourth-order valence-corrected chi connectivity index (χ4v) is 3.56. The van der Waals surface area contributed by atoms with Gasteiger partial charge in [-0.05, 0) is 31.5 Å². The number of carbonyl (C=O) groups is 1. The molecular weight excluding hydrogens is 332 g/mol. The first-order valence-electron chi connectivity index (χ1n) is 8.57. The van der Waals surface area contributed by atoms with Gasteiger partial charge in [0.2, 0.25) is 0 Å². The maximum absolute atomic E-state index is 11.4. The maximum Gasteiger partial charge on any atom is 0.337 e. The Bertz CT molecular complexity index is 931. The van der Waals surface area contributed by atoms with Gasteiger partial charge in [0, 0.05) is 25.4 Å². The number of likely N-dealkylation sites (tertiary alicyclic amines) is 1. The van der Waals surface area contributed by atoms with Gasteiger partial charge in [-0.2, -0.15) is 5.10 Å². The molecule has 26 heavy (non-hydrogen) atoms. The quantitative estimate of drug-likeness (QED) is 0.756. The Balaban J connectivity index is 1.56. The van der Waals surface area contributed by atoms with Crippen molar-refractivity contribution in [3.8, 4) is 5.69 Å². The summed E-state index contributed by atoms with van der Waals surface area (Å²) >= 11 is 0. The van der Waals surface area contributed by atoms with Gasteiger partial charge in [0.05, 0.1) is 23.5 Å². The molecule has 8 heteroatoms. The molecule has 1 aliphatic rings. The number of aryl methyl sites for hydroxylation is 1. The molecule has 1 atom stereocenters. The molecule has 0 saturated carbocycles. The fraction of sp³-hybridized carbons (Fsp3) is 0.333. The topological polar surface area (TPSA) is 89.1 Å². The average Bonchev–Trinajstić information content (AvgIpc) is 3.36. The van der Waals surface area contributed by atoms with Gasteiger partial charge in [-0.25, -0.2) is 9.48 Å². The molecule has 2 aromatic heterocycles. The second kappa shape index (κ2) is 6.72. The van der Waals surface area contributed by atoms with E-state index in [0.717, 1.165) is 37.3 Å². The molecule has 1 saturated heterocycles. The minimum Gasteiger partial charge on any atom is -0.478 e. The number of hydrogen-bond donors (Lipinski definition) is 1. The van der Waals surface area contributed by atoms with Crippen LogP contribution >= 0.6 is 0 Å². The lowest BCUT2D eigenvalue weighted by Gasteiger charge is -2.22. The van der Waals surface area contributed by atoms with Crippen LogP contribution in [0.25, 0.3) is 5.69 Å². The zero-order valence-electron chi connectivity index (χ0n) is 14.5. The summed E-state index contributed by atoms with van der Waals surface area (Å²) in [7, 11) is 1.96. The minimum absolute atomic E-state index is 0.236. The lowest BCUT2D eigenvalue weighted by atomic mass is 10.2. The molecule has 0 spiro atoms. The molecule has 0 radical (unpaired) electrons. The molecule has 1 fully saturated rings. The van der Waals surface area contributed by atoms with Crippen molar-refractivity contribution < 1.29 is 9.90 Å². The van der Waals surface area contributed by atoms with Crippen LogP contribution in [0.3, 0.4) is 0 Å². The molecular formula is C18H20N6O2. The molecule has 0 aliphatic carbocycles. The number of hydrogen-bond acceptors (Lipinski definition) is 5. The van der Waals surface area contributed by atoms with Crippen LogP contribution in [0.2, 0.25) is 0 Å². The molecule has 1 aliphatic heterocycles. The predicted octanol–water partition coefficient (Wildman–Crippen LogP) is 2.04. The lowest BCUT2D eigenvalue weighted by molar-refractivity contribution is 0.0696. The standard InChI is InChI=1S/C18H20N6O2/c1-22-12-19-21-17(22)16-7-4-8-23(16)10-13-9-20-24(11-13)15-6-3-2-5-14(15)18(25)26/h2-3,5-6,9,11-12,16H,4,7-8,10H2,1H3,(H,25,26). The van der Waals surface area contributed by atoms with E-state index in [1.54, 1.807) is 35.4 Å². The van der Waals surface area contributed by atoms with Crippen molar-refractivity contribution in [1.82, 2.24) is 29.4 Å². The highest BCUT2D eigenvalue weighted by Crippen LogP contribution is 2.31. The summed E-state index contributed by atoms with van der Waals surface area (Å²) in [5.74, 6) is 0.0191. The van der Waals surface area contributed by atoms with Gasteiger partial charge in [-0.3, -0.25) is 4.90 Å². The monoisotopic (exact) mass is 352 g/mol. The number of aromatic carboxylic acids is 1. The summed E-state index contributed by atoms with van der Waals surface area (Å²) in [6, 6.07) is 7.13. The third kappa shape index (κ3) is 2.99. The van der Waals surface area contributed by atoms with E-state index < -0.39 is 5.97 Å². The van der Waals surface area contributed by atoms with Gasteiger partial charge < -0.3 is 9.67 Å². The second-order valence-corrected chi connectivity index (χ2v) is 6.54. The van der Waals surface area contributed by atoms with Gasteiger partial charge in [0.15, 0.2) is 0 Å². The van der Waals surface area contributed by atoms with E-state index in [4.69, 9.17) is 0 Å². The molecule has 0 amide bonds. The fourth-order valence-electron chi connectivity index (χ4n) is 3.56. The summed E-state index contributed by atoms with van der Waals surface area (Å²) in [5, 5.41) is 22.0. The first-order valence-corrected chi connectivity index (χ1v) is 8.57.